The molecule has 0 bridgehead atoms. The third kappa shape index (κ3) is 3.51. The van der Waals surface area contributed by atoms with Gasteiger partial charge in [-0.3, -0.25) is 14.1 Å². The van der Waals surface area contributed by atoms with Crippen molar-refractivity contribution in [3.8, 4) is 0 Å². The summed E-state index contributed by atoms with van der Waals surface area (Å²) < 4.78 is 1.58. The summed E-state index contributed by atoms with van der Waals surface area (Å²) in [4.78, 5) is 19.7. The number of aliphatic hydroxyl groups is 1. The second-order valence-corrected chi connectivity index (χ2v) is 7.48. The summed E-state index contributed by atoms with van der Waals surface area (Å²) in [6, 6.07) is 11.5. The Balaban J connectivity index is 1.39. The molecule has 0 radical (unpaired) electrons. The number of hydrogen-bond acceptors (Lipinski definition) is 5. The number of fused-ring (bicyclic) bond motifs is 1. The minimum absolute atomic E-state index is 0.0179. The van der Waals surface area contributed by atoms with Gasteiger partial charge in [-0.25, -0.2) is 4.98 Å². The van der Waals surface area contributed by atoms with Crippen LogP contribution in [0.1, 0.15) is 30.2 Å². The van der Waals surface area contributed by atoms with Gasteiger partial charge in [0.05, 0.1) is 11.8 Å². The number of piperidine rings is 1. The third-order valence-corrected chi connectivity index (χ3v) is 5.72. The van der Waals surface area contributed by atoms with Crippen molar-refractivity contribution in [1.82, 2.24) is 14.3 Å². The number of rotatable bonds is 4. The van der Waals surface area contributed by atoms with Gasteiger partial charge in [0, 0.05) is 24.2 Å². The van der Waals surface area contributed by atoms with E-state index in [-0.39, 0.29) is 11.5 Å². The van der Waals surface area contributed by atoms with Crippen LogP contribution in [-0.2, 0) is 6.54 Å². The van der Waals surface area contributed by atoms with E-state index in [4.69, 9.17) is 0 Å². The lowest BCUT2D eigenvalue weighted by Gasteiger charge is -2.34. The molecule has 25 heavy (non-hydrogen) atoms. The molecule has 130 valence electrons. The predicted molar refractivity (Wildman–Crippen MR) is 98.7 cm³/mol. The molecule has 3 heterocycles. The number of aromatic nitrogens is 2. The molecule has 6 heteroatoms. The van der Waals surface area contributed by atoms with Crippen LogP contribution < -0.4 is 5.56 Å². The molecule has 0 unspecified atom stereocenters. The second-order valence-electron chi connectivity index (χ2n) is 6.61. The van der Waals surface area contributed by atoms with Gasteiger partial charge >= 0.3 is 0 Å². The second kappa shape index (κ2) is 7.07. The van der Waals surface area contributed by atoms with Crippen molar-refractivity contribution in [3.05, 3.63) is 69.6 Å². The first-order chi connectivity index (χ1) is 12.2. The fourth-order valence-electron chi connectivity index (χ4n) is 3.55. The molecule has 0 aliphatic carbocycles. The molecular weight excluding hydrogens is 334 g/mol. The molecule has 1 aliphatic rings. The molecule has 0 saturated carbocycles. The Morgan fingerprint density at radius 2 is 2.00 bits per heavy atom. The number of nitrogens with zero attached hydrogens (tertiary/aromatic N) is 3. The normalized spacial score (nSPS) is 17.8. The summed E-state index contributed by atoms with van der Waals surface area (Å²) in [5, 5.41) is 12.5. The van der Waals surface area contributed by atoms with Gasteiger partial charge in [0.1, 0.15) is 0 Å². The lowest BCUT2D eigenvalue weighted by atomic mass is 9.87. The highest BCUT2D eigenvalue weighted by Gasteiger charge is 2.26. The Morgan fingerprint density at radius 1 is 1.24 bits per heavy atom. The van der Waals surface area contributed by atoms with Crippen molar-refractivity contribution < 1.29 is 5.11 Å². The molecule has 3 aromatic rings. The van der Waals surface area contributed by atoms with Gasteiger partial charge in [-0.1, -0.05) is 30.3 Å². The van der Waals surface area contributed by atoms with Crippen LogP contribution in [-0.4, -0.2) is 32.5 Å². The van der Waals surface area contributed by atoms with Crippen molar-refractivity contribution in [2.45, 2.75) is 25.5 Å². The fraction of sp³-hybridized carbons (Fsp3) is 0.368. The average molecular weight is 355 g/mol. The van der Waals surface area contributed by atoms with E-state index in [1.54, 1.807) is 16.7 Å². The zero-order chi connectivity index (χ0) is 17.2. The van der Waals surface area contributed by atoms with Gasteiger partial charge in [0.25, 0.3) is 5.56 Å². The summed E-state index contributed by atoms with van der Waals surface area (Å²) >= 11 is 1.48. The minimum Gasteiger partial charge on any atom is -0.388 e. The first kappa shape index (κ1) is 16.4. The number of thiazole rings is 1. The molecule has 1 N–H and O–H groups in total. The number of benzene rings is 1. The van der Waals surface area contributed by atoms with E-state index in [1.165, 1.54) is 11.3 Å². The first-order valence-corrected chi connectivity index (χ1v) is 9.50. The molecule has 1 saturated heterocycles. The molecule has 0 amide bonds. The van der Waals surface area contributed by atoms with Gasteiger partial charge in [-0.2, -0.15) is 0 Å². The van der Waals surface area contributed by atoms with Crippen LogP contribution in [0.4, 0.5) is 0 Å². The SMILES string of the molecule is O=c1cc(CN2CCC([C@H](O)c3ccccc3)CC2)nc2sccn12. The van der Waals surface area contributed by atoms with Crippen molar-refractivity contribution in [3.63, 3.8) is 0 Å². The molecule has 1 fully saturated rings. The first-order valence-electron chi connectivity index (χ1n) is 8.62. The molecule has 4 rings (SSSR count). The van der Waals surface area contributed by atoms with Gasteiger partial charge in [-0.15, -0.1) is 11.3 Å². The molecule has 0 spiro atoms. The Bertz CT molecular complexity index is 898. The van der Waals surface area contributed by atoms with Crippen molar-refractivity contribution in [2.75, 3.05) is 13.1 Å². The summed E-state index contributed by atoms with van der Waals surface area (Å²) in [5.74, 6) is 0.289. The Labute approximate surface area is 150 Å². The van der Waals surface area contributed by atoms with Crippen LogP contribution >= 0.6 is 11.3 Å². The van der Waals surface area contributed by atoms with Crippen LogP contribution in [0.25, 0.3) is 4.96 Å². The summed E-state index contributed by atoms with van der Waals surface area (Å²) in [6.07, 6.45) is 3.27. The van der Waals surface area contributed by atoms with E-state index in [0.29, 0.717) is 6.54 Å². The standard InChI is InChI=1S/C19H21N3O2S/c23-17-12-16(20-19-22(17)10-11-25-19)13-21-8-6-15(7-9-21)18(24)14-4-2-1-3-5-14/h1-5,10-12,15,18,24H,6-9,13H2/t18-/m1/s1. The smallest absolute Gasteiger partial charge is 0.258 e. The zero-order valence-corrected chi connectivity index (χ0v) is 14.7. The lowest BCUT2D eigenvalue weighted by Crippen LogP contribution is -2.35. The highest BCUT2D eigenvalue weighted by atomic mass is 32.1. The lowest BCUT2D eigenvalue weighted by molar-refractivity contribution is 0.0564. The zero-order valence-electron chi connectivity index (χ0n) is 13.9. The maximum Gasteiger partial charge on any atom is 0.258 e. The summed E-state index contributed by atoms with van der Waals surface area (Å²) in [7, 11) is 0. The third-order valence-electron chi connectivity index (χ3n) is 4.96. The van der Waals surface area contributed by atoms with E-state index in [0.717, 1.165) is 42.1 Å². The molecule has 1 aromatic carbocycles. The highest BCUT2D eigenvalue weighted by molar-refractivity contribution is 7.15. The molecular formula is C19H21N3O2S. The largest absolute Gasteiger partial charge is 0.388 e. The van der Waals surface area contributed by atoms with Crippen LogP contribution in [0.5, 0.6) is 0 Å². The van der Waals surface area contributed by atoms with E-state index >= 15 is 0 Å². The van der Waals surface area contributed by atoms with E-state index in [2.05, 4.69) is 9.88 Å². The van der Waals surface area contributed by atoms with Crippen molar-refractivity contribution in [2.24, 2.45) is 5.92 Å². The summed E-state index contributed by atoms with van der Waals surface area (Å²) in [6.45, 7) is 2.53. The van der Waals surface area contributed by atoms with E-state index in [1.807, 2.05) is 35.7 Å². The molecule has 1 atom stereocenters. The molecule has 1 aliphatic heterocycles. The number of aliphatic hydroxyl groups excluding tert-OH is 1. The van der Waals surface area contributed by atoms with Gasteiger partial charge in [0.15, 0.2) is 4.96 Å². The highest BCUT2D eigenvalue weighted by Crippen LogP contribution is 2.30. The maximum absolute atomic E-state index is 12.1. The number of likely N-dealkylation sites (tertiary alicyclic amines) is 1. The van der Waals surface area contributed by atoms with Crippen molar-refractivity contribution in [1.29, 1.82) is 0 Å². The Hall–Kier alpha value is -2.02. The topological polar surface area (TPSA) is 57.8 Å². The Kier molecular flexibility index (Phi) is 4.65. The predicted octanol–water partition coefficient (Wildman–Crippen LogP) is 2.70. The van der Waals surface area contributed by atoms with Gasteiger partial charge in [0.2, 0.25) is 0 Å². The van der Waals surface area contributed by atoms with Crippen LogP contribution in [0, 0.1) is 5.92 Å². The summed E-state index contributed by atoms with van der Waals surface area (Å²) in [5.41, 5.74) is 1.81. The van der Waals surface area contributed by atoms with E-state index < -0.39 is 6.10 Å². The quantitative estimate of drug-likeness (QED) is 0.782. The van der Waals surface area contributed by atoms with E-state index in [9.17, 15) is 9.90 Å². The van der Waals surface area contributed by atoms with Crippen LogP contribution in [0.15, 0.2) is 52.8 Å². The Morgan fingerprint density at radius 3 is 2.76 bits per heavy atom. The maximum atomic E-state index is 12.1. The van der Waals surface area contributed by atoms with Crippen LogP contribution in [0.2, 0.25) is 0 Å². The van der Waals surface area contributed by atoms with Gasteiger partial charge in [-0.05, 0) is 37.4 Å². The van der Waals surface area contributed by atoms with Gasteiger partial charge < -0.3 is 5.11 Å². The monoisotopic (exact) mass is 355 g/mol. The number of hydrogen-bond donors (Lipinski definition) is 1. The molecule has 5 nitrogen and oxygen atoms in total. The van der Waals surface area contributed by atoms with Crippen molar-refractivity contribution >= 4 is 16.3 Å². The molecule has 2 aromatic heterocycles. The fourth-order valence-corrected chi connectivity index (χ4v) is 4.29. The average Bonchev–Trinajstić information content (AvgIpc) is 3.12. The minimum atomic E-state index is -0.395. The van der Waals surface area contributed by atoms with Crippen LogP contribution in [0.3, 0.4) is 0 Å².